The summed E-state index contributed by atoms with van der Waals surface area (Å²) in [5.41, 5.74) is 8.31. The molecule has 0 radical (unpaired) electrons. The Bertz CT molecular complexity index is 843. The van der Waals surface area contributed by atoms with E-state index < -0.39 is 18.3 Å². The number of hydrogen-bond acceptors (Lipinski definition) is 6. The Hall–Kier alpha value is -2.58. The summed E-state index contributed by atoms with van der Waals surface area (Å²) in [6.45, 7) is 5.70. The molecular weight excluding hydrogens is 438 g/mol. The monoisotopic (exact) mass is 481 g/mol. The fraction of sp³-hybridized carbons (Fsp3) is 0.379. The Morgan fingerprint density at radius 2 is 0.771 bits per heavy atom. The molecule has 0 saturated heterocycles. The summed E-state index contributed by atoms with van der Waals surface area (Å²) in [6.07, 6.45) is -1.39. The molecule has 0 aliphatic rings. The summed E-state index contributed by atoms with van der Waals surface area (Å²) in [5.74, 6) is 0. The lowest BCUT2D eigenvalue weighted by Gasteiger charge is -2.17. The van der Waals surface area contributed by atoms with Crippen LogP contribution in [-0.4, -0.2) is 47.5 Å². The predicted molar refractivity (Wildman–Crippen MR) is 145 cm³/mol. The van der Waals surface area contributed by atoms with Crippen LogP contribution in [0, 0.1) is 0 Å². The van der Waals surface area contributed by atoms with Gasteiger partial charge in [-0.2, -0.15) is 0 Å². The Morgan fingerprint density at radius 3 is 1.00 bits per heavy atom. The van der Waals surface area contributed by atoms with Crippen molar-refractivity contribution in [2.24, 2.45) is 5.73 Å². The van der Waals surface area contributed by atoms with E-state index in [2.05, 4.69) is 10.6 Å². The Balaban J connectivity index is 0.000000263. The minimum atomic E-state index is -0.545. The van der Waals surface area contributed by atoms with Crippen molar-refractivity contribution in [3.8, 4) is 0 Å². The summed E-state index contributed by atoms with van der Waals surface area (Å²) in [5, 5.41) is 35.0. The Labute approximate surface area is 210 Å². The van der Waals surface area contributed by atoms with Crippen LogP contribution in [0.4, 0.5) is 0 Å². The average Bonchev–Trinajstić information content (AvgIpc) is 2.93. The maximum absolute atomic E-state index is 9.73. The highest BCUT2D eigenvalue weighted by atomic mass is 16.3. The van der Waals surface area contributed by atoms with Crippen LogP contribution in [0.3, 0.4) is 0 Å². The molecule has 0 aliphatic carbocycles. The van der Waals surface area contributed by atoms with Crippen molar-refractivity contribution in [3.63, 3.8) is 0 Å². The summed E-state index contributed by atoms with van der Waals surface area (Å²) in [4.78, 5) is 0. The molecule has 6 atom stereocenters. The lowest BCUT2D eigenvalue weighted by molar-refractivity contribution is 0.140. The second-order valence-electron chi connectivity index (χ2n) is 8.58. The molecule has 0 heterocycles. The van der Waals surface area contributed by atoms with Crippen LogP contribution in [0.15, 0.2) is 91.0 Å². The molecular formula is C29H43N3O3. The minimum Gasteiger partial charge on any atom is -0.387 e. The van der Waals surface area contributed by atoms with E-state index in [4.69, 9.17) is 5.73 Å². The van der Waals surface area contributed by atoms with Gasteiger partial charge in [0.05, 0.1) is 18.3 Å². The molecule has 0 bridgehead atoms. The first kappa shape index (κ1) is 30.5. The van der Waals surface area contributed by atoms with Crippen LogP contribution in [0.1, 0.15) is 55.8 Å². The van der Waals surface area contributed by atoms with Gasteiger partial charge in [-0.15, -0.1) is 0 Å². The number of aliphatic hydroxyl groups is 3. The van der Waals surface area contributed by atoms with Gasteiger partial charge in [-0.1, -0.05) is 91.0 Å². The zero-order valence-electron chi connectivity index (χ0n) is 21.5. The minimum absolute atomic E-state index is 0.0902. The zero-order chi connectivity index (χ0) is 26.2. The van der Waals surface area contributed by atoms with Crippen LogP contribution < -0.4 is 16.4 Å². The molecule has 192 valence electrons. The van der Waals surface area contributed by atoms with Gasteiger partial charge in [-0.05, 0) is 51.6 Å². The molecule has 0 aliphatic heterocycles. The first-order valence-corrected chi connectivity index (χ1v) is 12.0. The van der Waals surface area contributed by atoms with Gasteiger partial charge in [0.2, 0.25) is 0 Å². The normalized spacial score (nSPS) is 15.7. The molecule has 6 nitrogen and oxygen atoms in total. The standard InChI is InChI=1S/2C10H15NO.C9H13NO/c2*1-8(11-2)10(12)9-6-4-3-5-7-9;1-7(10)9(11)8-5-3-2-4-6-8/h2*3-8,10-12H,1-2H3;2-7,9,11H,10H2,1H3/t8-,10+;8-,10-;7-,9-/m001/s1. The van der Waals surface area contributed by atoms with Crippen LogP contribution >= 0.6 is 0 Å². The molecule has 3 aromatic rings. The molecule has 0 amide bonds. The lowest BCUT2D eigenvalue weighted by Crippen LogP contribution is -2.28. The van der Waals surface area contributed by atoms with Crippen molar-refractivity contribution in [2.45, 2.75) is 57.2 Å². The summed E-state index contributed by atoms with van der Waals surface area (Å²) >= 11 is 0. The summed E-state index contributed by atoms with van der Waals surface area (Å²) < 4.78 is 0. The second kappa shape index (κ2) is 16.9. The van der Waals surface area contributed by atoms with Crippen molar-refractivity contribution in [3.05, 3.63) is 108 Å². The van der Waals surface area contributed by atoms with Crippen molar-refractivity contribution in [1.29, 1.82) is 0 Å². The number of rotatable bonds is 8. The molecule has 0 aromatic heterocycles. The van der Waals surface area contributed by atoms with Crippen molar-refractivity contribution >= 4 is 0 Å². The van der Waals surface area contributed by atoms with Gasteiger partial charge in [0.25, 0.3) is 0 Å². The van der Waals surface area contributed by atoms with Gasteiger partial charge < -0.3 is 31.7 Å². The largest absolute Gasteiger partial charge is 0.387 e. The van der Waals surface area contributed by atoms with E-state index in [1.807, 2.05) is 119 Å². The van der Waals surface area contributed by atoms with E-state index in [9.17, 15) is 15.3 Å². The highest BCUT2D eigenvalue weighted by molar-refractivity contribution is 5.20. The van der Waals surface area contributed by atoms with E-state index in [0.29, 0.717) is 0 Å². The first-order valence-electron chi connectivity index (χ1n) is 12.0. The smallest absolute Gasteiger partial charge is 0.0940 e. The third-order valence-corrected chi connectivity index (χ3v) is 5.78. The predicted octanol–water partition coefficient (Wildman–Crippen LogP) is 3.72. The zero-order valence-corrected chi connectivity index (χ0v) is 21.5. The highest BCUT2D eigenvalue weighted by Gasteiger charge is 2.14. The van der Waals surface area contributed by atoms with E-state index in [-0.39, 0.29) is 18.1 Å². The molecule has 0 fully saturated rings. The van der Waals surface area contributed by atoms with Crippen LogP contribution in [0.5, 0.6) is 0 Å². The fourth-order valence-electron chi connectivity index (χ4n) is 3.15. The molecule has 0 saturated carbocycles. The lowest BCUT2D eigenvalue weighted by atomic mass is 10.0. The first-order chi connectivity index (χ1) is 16.7. The molecule has 35 heavy (non-hydrogen) atoms. The average molecular weight is 482 g/mol. The number of aliphatic hydroxyl groups excluding tert-OH is 3. The van der Waals surface area contributed by atoms with Crippen LogP contribution in [-0.2, 0) is 0 Å². The van der Waals surface area contributed by atoms with Gasteiger partial charge >= 0.3 is 0 Å². The molecule has 6 heteroatoms. The van der Waals surface area contributed by atoms with Gasteiger partial charge in [-0.3, -0.25) is 0 Å². The SMILES string of the molecule is CN[C@@H](C)[C@@H](O)c1ccccc1.CN[C@@H](C)[C@H](O)c1ccccc1.C[C@@H](N)[C@@H](O)c1ccccc1. The second-order valence-corrected chi connectivity index (χ2v) is 8.58. The molecule has 3 rings (SSSR count). The molecule has 7 N–H and O–H groups in total. The van der Waals surface area contributed by atoms with Crippen molar-refractivity contribution in [1.82, 2.24) is 10.6 Å². The summed E-state index contributed by atoms with van der Waals surface area (Å²) in [6, 6.07) is 28.7. The van der Waals surface area contributed by atoms with E-state index >= 15 is 0 Å². The topological polar surface area (TPSA) is 111 Å². The maximum atomic E-state index is 9.73. The molecule has 0 unspecified atom stereocenters. The van der Waals surface area contributed by atoms with E-state index in [0.717, 1.165) is 16.7 Å². The van der Waals surface area contributed by atoms with Crippen molar-refractivity contribution < 1.29 is 15.3 Å². The van der Waals surface area contributed by atoms with Crippen LogP contribution in [0.2, 0.25) is 0 Å². The Kier molecular flexibility index (Phi) is 14.7. The number of nitrogens with two attached hydrogens (primary N) is 1. The third-order valence-electron chi connectivity index (χ3n) is 5.78. The summed E-state index contributed by atoms with van der Waals surface area (Å²) in [7, 11) is 3.69. The quantitative estimate of drug-likeness (QED) is 0.293. The van der Waals surface area contributed by atoms with Crippen LogP contribution in [0.25, 0.3) is 0 Å². The van der Waals surface area contributed by atoms with Gasteiger partial charge in [0.15, 0.2) is 0 Å². The highest BCUT2D eigenvalue weighted by Crippen LogP contribution is 2.16. The maximum Gasteiger partial charge on any atom is 0.0940 e. The van der Waals surface area contributed by atoms with Gasteiger partial charge in [0, 0.05) is 18.1 Å². The molecule has 3 aromatic carbocycles. The molecule has 0 spiro atoms. The van der Waals surface area contributed by atoms with Gasteiger partial charge in [0.1, 0.15) is 0 Å². The van der Waals surface area contributed by atoms with Gasteiger partial charge in [-0.25, -0.2) is 0 Å². The fourth-order valence-corrected chi connectivity index (χ4v) is 3.15. The number of likely N-dealkylation sites (N-methyl/N-ethyl adjacent to an activating group) is 2. The number of hydrogen-bond donors (Lipinski definition) is 6. The van der Waals surface area contributed by atoms with E-state index in [1.54, 1.807) is 6.92 Å². The Morgan fingerprint density at radius 1 is 0.514 bits per heavy atom. The third kappa shape index (κ3) is 11.1. The number of nitrogens with one attached hydrogen (secondary N) is 2. The van der Waals surface area contributed by atoms with Crippen molar-refractivity contribution in [2.75, 3.05) is 14.1 Å². The number of benzene rings is 3. The van der Waals surface area contributed by atoms with E-state index in [1.165, 1.54) is 0 Å².